The van der Waals surface area contributed by atoms with Crippen LogP contribution in [0.4, 0.5) is 0 Å². The van der Waals surface area contributed by atoms with Crippen molar-refractivity contribution in [2.24, 2.45) is 0 Å². The smallest absolute Gasteiger partial charge is 0.253 e. The van der Waals surface area contributed by atoms with Gasteiger partial charge in [-0.05, 0) is 62.4 Å². The van der Waals surface area contributed by atoms with Gasteiger partial charge < -0.3 is 4.74 Å². The van der Waals surface area contributed by atoms with Crippen molar-refractivity contribution in [1.82, 2.24) is 19.8 Å². The highest BCUT2D eigenvalue weighted by Gasteiger charge is 2.15. The highest BCUT2D eigenvalue weighted by Crippen LogP contribution is 2.20. The van der Waals surface area contributed by atoms with Gasteiger partial charge in [0.05, 0.1) is 13.7 Å². The van der Waals surface area contributed by atoms with Crippen LogP contribution in [0.3, 0.4) is 0 Å². The van der Waals surface area contributed by atoms with E-state index >= 15 is 0 Å². The molecular weight excluding hydrogens is 386 g/mol. The van der Waals surface area contributed by atoms with Gasteiger partial charge in [0.2, 0.25) is 4.77 Å². The van der Waals surface area contributed by atoms with E-state index in [-0.39, 0.29) is 5.91 Å². The summed E-state index contributed by atoms with van der Waals surface area (Å²) in [7, 11) is 1.62. The number of ether oxygens (including phenoxy) is 1. The number of aromatic nitrogens is 3. The van der Waals surface area contributed by atoms with Crippen LogP contribution in [0.25, 0.3) is 11.4 Å². The lowest BCUT2D eigenvalue weighted by Gasteiger charge is -2.22. The molecule has 0 atom stereocenters. The molecule has 0 aliphatic heterocycles. The Bertz CT molecular complexity index is 790. The normalized spacial score (nSPS) is 11.0. The number of hydrogen-bond acceptors (Lipinski definition) is 5. The zero-order valence-electron chi connectivity index (χ0n) is 17.7. The van der Waals surface area contributed by atoms with Crippen LogP contribution in [0.1, 0.15) is 52.4 Å². The number of nitrogens with one attached hydrogen (secondary N) is 2. The van der Waals surface area contributed by atoms with Crippen LogP contribution in [-0.4, -0.2) is 52.4 Å². The molecule has 1 aromatic carbocycles. The first-order valence-electron chi connectivity index (χ1n) is 10.4. The third-order valence-electron chi connectivity index (χ3n) is 4.78. The van der Waals surface area contributed by atoms with Crippen LogP contribution in [0.2, 0.25) is 0 Å². The Morgan fingerprint density at radius 2 is 1.76 bits per heavy atom. The first-order chi connectivity index (χ1) is 14.1. The maximum Gasteiger partial charge on any atom is 0.253 e. The molecule has 0 saturated heterocycles. The lowest BCUT2D eigenvalue weighted by molar-refractivity contribution is -0.118. The minimum Gasteiger partial charge on any atom is -0.497 e. The lowest BCUT2D eigenvalue weighted by atomic mass is 10.2. The average Bonchev–Trinajstić information content (AvgIpc) is 3.08. The molecule has 2 aromatic rings. The topological polar surface area (TPSA) is 75.2 Å². The number of nitrogens with zero attached hydrogens (tertiary/aromatic N) is 3. The van der Waals surface area contributed by atoms with Gasteiger partial charge in [0.1, 0.15) is 5.75 Å². The molecule has 1 amide bonds. The number of carbonyl (C=O) groups is 1. The van der Waals surface area contributed by atoms with Gasteiger partial charge >= 0.3 is 0 Å². The van der Waals surface area contributed by atoms with Crippen LogP contribution >= 0.6 is 12.2 Å². The molecule has 160 valence electrons. The summed E-state index contributed by atoms with van der Waals surface area (Å²) in [5, 5.41) is 7.03. The van der Waals surface area contributed by atoms with Crippen LogP contribution in [0.5, 0.6) is 5.75 Å². The van der Waals surface area contributed by atoms with E-state index in [1.807, 2.05) is 24.3 Å². The van der Waals surface area contributed by atoms with E-state index in [1.165, 1.54) is 30.4 Å². The van der Waals surface area contributed by atoms with E-state index in [0.29, 0.717) is 17.1 Å². The number of amides is 1. The highest BCUT2D eigenvalue weighted by molar-refractivity contribution is 7.71. The van der Waals surface area contributed by atoms with Gasteiger partial charge in [0, 0.05) is 5.56 Å². The van der Waals surface area contributed by atoms with Gasteiger partial charge in [-0.15, -0.1) is 0 Å². The van der Waals surface area contributed by atoms with Gasteiger partial charge in [-0.25, -0.2) is 9.77 Å². The molecule has 0 bridgehead atoms. The molecule has 0 spiro atoms. The van der Waals surface area contributed by atoms with Gasteiger partial charge in [0.15, 0.2) is 5.82 Å². The maximum absolute atomic E-state index is 12.7. The first-order valence-corrected chi connectivity index (χ1v) is 10.8. The van der Waals surface area contributed by atoms with E-state index in [0.717, 1.165) is 37.2 Å². The van der Waals surface area contributed by atoms with Crippen molar-refractivity contribution in [1.29, 1.82) is 0 Å². The molecule has 2 rings (SSSR count). The van der Waals surface area contributed by atoms with Gasteiger partial charge in [-0.1, -0.05) is 39.5 Å². The van der Waals surface area contributed by atoms with Crippen molar-refractivity contribution in [3.63, 3.8) is 0 Å². The molecule has 0 aliphatic rings. The quantitative estimate of drug-likeness (QED) is 0.372. The fourth-order valence-electron chi connectivity index (χ4n) is 3.14. The van der Waals surface area contributed by atoms with Crippen LogP contribution in [0, 0.1) is 4.77 Å². The van der Waals surface area contributed by atoms with E-state index < -0.39 is 0 Å². The third kappa shape index (κ3) is 7.29. The number of benzene rings is 1. The van der Waals surface area contributed by atoms with Crippen LogP contribution in [0.15, 0.2) is 24.3 Å². The number of H-pyrrole nitrogens is 1. The Morgan fingerprint density at radius 3 is 2.31 bits per heavy atom. The van der Waals surface area contributed by atoms with Crippen molar-refractivity contribution >= 4 is 18.1 Å². The molecule has 29 heavy (non-hydrogen) atoms. The van der Waals surface area contributed by atoms with E-state index in [4.69, 9.17) is 17.0 Å². The van der Waals surface area contributed by atoms with Crippen LogP contribution in [-0.2, 0) is 4.79 Å². The predicted molar refractivity (Wildman–Crippen MR) is 119 cm³/mol. The van der Waals surface area contributed by atoms with Crippen molar-refractivity contribution in [2.45, 2.75) is 52.4 Å². The lowest BCUT2D eigenvalue weighted by Crippen LogP contribution is -2.37. The molecule has 2 N–H and O–H groups in total. The molecule has 0 saturated carbocycles. The Hall–Kier alpha value is -2.19. The van der Waals surface area contributed by atoms with Crippen molar-refractivity contribution in [3.8, 4) is 17.1 Å². The summed E-state index contributed by atoms with van der Waals surface area (Å²) >= 11 is 5.32. The number of unbranched alkanes of at least 4 members (excludes halogenated alkanes) is 4. The number of aromatic amines is 1. The monoisotopic (exact) mass is 419 g/mol. The molecule has 0 radical (unpaired) electrons. The summed E-state index contributed by atoms with van der Waals surface area (Å²) in [5.74, 6) is 1.23. The van der Waals surface area contributed by atoms with Gasteiger partial charge in [-0.3, -0.25) is 15.1 Å². The number of rotatable bonds is 13. The Labute approximate surface area is 178 Å². The minimum atomic E-state index is -0.0924. The number of methoxy groups -OCH3 is 1. The molecule has 0 aliphatic carbocycles. The van der Waals surface area contributed by atoms with Gasteiger partial charge in [0.25, 0.3) is 5.91 Å². The molecule has 8 heteroatoms. The SMILES string of the molecule is CCCCCN(CCCCC)CC(=O)Nn1c(-c2ccc(OC)cc2)n[nH]c1=S. The summed E-state index contributed by atoms with van der Waals surface area (Å²) in [4.78, 5) is 15.0. The Morgan fingerprint density at radius 1 is 1.14 bits per heavy atom. The Kier molecular flexibility index (Phi) is 9.87. The maximum atomic E-state index is 12.7. The first kappa shape index (κ1) is 23.1. The zero-order chi connectivity index (χ0) is 21.1. The van der Waals surface area contributed by atoms with Crippen LogP contribution < -0.4 is 10.2 Å². The van der Waals surface area contributed by atoms with Gasteiger partial charge in [-0.2, -0.15) is 5.10 Å². The molecule has 7 nitrogen and oxygen atoms in total. The van der Waals surface area contributed by atoms with E-state index in [2.05, 4.69) is 34.4 Å². The third-order valence-corrected chi connectivity index (χ3v) is 5.05. The summed E-state index contributed by atoms with van der Waals surface area (Å²) < 4.78 is 7.09. The molecule has 1 aromatic heterocycles. The van der Waals surface area contributed by atoms with Crippen molar-refractivity contribution in [3.05, 3.63) is 29.0 Å². The largest absolute Gasteiger partial charge is 0.497 e. The minimum absolute atomic E-state index is 0.0924. The molecule has 0 fully saturated rings. The molecule has 0 unspecified atom stereocenters. The summed E-state index contributed by atoms with van der Waals surface area (Å²) in [6.07, 6.45) is 6.92. The second kappa shape index (κ2) is 12.4. The summed E-state index contributed by atoms with van der Waals surface area (Å²) in [6.45, 7) is 6.60. The second-order valence-corrected chi connectivity index (χ2v) is 7.53. The fourth-order valence-corrected chi connectivity index (χ4v) is 3.32. The Balaban J connectivity index is 2.05. The number of hydrogen-bond donors (Lipinski definition) is 2. The zero-order valence-corrected chi connectivity index (χ0v) is 18.6. The summed E-state index contributed by atoms with van der Waals surface area (Å²) in [6, 6.07) is 7.47. The second-order valence-electron chi connectivity index (χ2n) is 7.14. The number of carbonyl (C=O) groups excluding carboxylic acids is 1. The average molecular weight is 420 g/mol. The molecule has 1 heterocycles. The molecular formula is C21H33N5O2S. The predicted octanol–water partition coefficient (Wildman–Crippen LogP) is 4.37. The van der Waals surface area contributed by atoms with E-state index in [9.17, 15) is 4.79 Å². The highest BCUT2D eigenvalue weighted by atomic mass is 32.1. The van der Waals surface area contributed by atoms with E-state index in [1.54, 1.807) is 7.11 Å². The van der Waals surface area contributed by atoms with Crippen molar-refractivity contribution in [2.75, 3.05) is 32.2 Å². The fraction of sp³-hybridized carbons (Fsp3) is 0.571. The van der Waals surface area contributed by atoms with Crippen molar-refractivity contribution < 1.29 is 9.53 Å². The summed E-state index contributed by atoms with van der Waals surface area (Å²) in [5.41, 5.74) is 3.74. The standard InChI is InChI=1S/C21H33N5O2S/c1-4-6-8-14-25(15-9-7-5-2)16-19(27)24-26-20(22-23-21(26)29)17-10-12-18(28-3)13-11-17/h10-13H,4-9,14-16H2,1-3H3,(H,23,29)(H,24,27).